The van der Waals surface area contributed by atoms with Gasteiger partial charge in [0.2, 0.25) is 5.76 Å². The first-order chi connectivity index (χ1) is 13.0. The molecule has 6 heteroatoms. The zero-order chi connectivity index (χ0) is 20.0. The average Bonchev–Trinajstić information content (AvgIpc) is 2.70. The molecule has 2 rings (SSSR count). The largest absolute Gasteiger partial charge is 0.495 e. The molecule has 148 valence electrons. The van der Waals surface area contributed by atoms with Gasteiger partial charge in [-0.2, -0.15) is 0 Å². The van der Waals surface area contributed by atoms with Crippen molar-refractivity contribution in [2.45, 2.75) is 31.2 Å². The van der Waals surface area contributed by atoms with E-state index in [0.717, 1.165) is 18.4 Å². The van der Waals surface area contributed by atoms with E-state index >= 15 is 0 Å². The van der Waals surface area contributed by atoms with Gasteiger partial charge in [-0.3, -0.25) is 4.79 Å². The highest BCUT2D eigenvalue weighted by molar-refractivity contribution is 5.77. The highest BCUT2D eigenvalue weighted by Gasteiger charge is 2.55. The van der Waals surface area contributed by atoms with Gasteiger partial charge in [-0.25, -0.2) is 0 Å². The van der Waals surface area contributed by atoms with Crippen LogP contribution in [0.1, 0.15) is 31.2 Å². The van der Waals surface area contributed by atoms with Crippen molar-refractivity contribution in [3.8, 4) is 0 Å². The molecule has 0 fully saturated rings. The quantitative estimate of drug-likeness (QED) is 0.690. The molecule has 0 saturated heterocycles. The van der Waals surface area contributed by atoms with Crippen molar-refractivity contribution in [2.75, 3.05) is 28.4 Å². The van der Waals surface area contributed by atoms with E-state index in [1.165, 1.54) is 21.3 Å². The molecule has 0 aromatic heterocycles. The number of hydrogen-bond acceptors (Lipinski definition) is 5. The van der Waals surface area contributed by atoms with Crippen LogP contribution in [-0.2, 0) is 19.0 Å². The lowest BCUT2D eigenvalue weighted by Gasteiger charge is -2.47. The summed E-state index contributed by atoms with van der Waals surface area (Å²) in [5.74, 6) is -0.811. The summed E-state index contributed by atoms with van der Waals surface area (Å²) in [5.41, 5.74) is 0.0184. The molecular weight excluding hydrogens is 346 g/mol. The predicted octanol–water partition coefficient (Wildman–Crippen LogP) is 3.28. The molecule has 1 aliphatic rings. The molecule has 3 unspecified atom stereocenters. The van der Waals surface area contributed by atoms with E-state index in [1.54, 1.807) is 13.1 Å². The van der Waals surface area contributed by atoms with Gasteiger partial charge in [0.25, 0.3) is 0 Å². The second kappa shape index (κ2) is 8.95. The summed E-state index contributed by atoms with van der Waals surface area (Å²) in [7, 11) is 6.32. The number of aliphatic carboxylic acids is 1. The summed E-state index contributed by atoms with van der Waals surface area (Å²) in [6.45, 7) is 2.09. The summed E-state index contributed by atoms with van der Waals surface area (Å²) in [6.07, 6.45) is 3.26. The van der Waals surface area contributed by atoms with E-state index in [4.69, 9.17) is 14.2 Å². The Morgan fingerprint density at radius 1 is 1.19 bits per heavy atom. The van der Waals surface area contributed by atoms with E-state index in [0.29, 0.717) is 17.3 Å². The third-order valence-corrected chi connectivity index (χ3v) is 5.25. The first-order valence-electron chi connectivity index (χ1n) is 9.07. The fraction of sp³-hybridized carbons (Fsp3) is 0.476. The van der Waals surface area contributed by atoms with Crippen molar-refractivity contribution in [2.24, 2.45) is 5.92 Å². The van der Waals surface area contributed by atoms with Crippen LogP contribution in [0.3, 0.4) is 0 Å². The zero-order valence-electron chi connectivity index (χ0n) is 16.6. The SMILES string of the molecule is CCCC(c1ccccc1)C1(NC)C(OC)=C(OC)C(OC)=CC1C(=O)O. The number of carboxylic acids is 1. The Bertz CT molecular complexity index is 713. The molecule has 0 heterocycles. The first-order valence-corrected chi connectivity index (χ1v) is 9.07. The molecule has 27 heavy (non-hydrogen) atoms. The van der Waals surface area contributed by atoms with Crippen LogP contribution in [0, 0.1) is 5.92 Å². The van der Waals surface area contributed by atoms with Gasteiger partial charge in [0.15, 0.2) is 11.5 Å². The number of hydrogen-bond donors (Lipinski definition) is 2. The van der Waals surface area contributed by atoms with E-state index in [-0.39, 0.29) is 5.92 Å². The molecule has 0 amide bonds. The number of rotatable bonds is 9. The van der Waals surface area contributed by atoms with Gasteiger partial charge in [0, 0.05) is 5.92 Å². The van der Waals surface area contributed by atoms with Crippen molar-refractivity contribution < 1.29 is 24.1 Å². The van der Waals surface area contributed by atoms with Crippen molar-refractivity contribution >= 4 is 5.97 Å². The van der Waals surface area contributed by atoms with Gasteiger partial charge in [-0.15, -0.1) is 0 Å². The smallest absolute Gasteiger partial charge is 0.312 e. The topological polar surface area (TPSA) is 77.0 Å². The summed E-state index contributed by atoms with van der Waals surface area (Å²) in [6, 6.07) is 9.92. The lowest BCUT2D eigenvalue weighted by Crippen LogP contribution is -2.59. The van der Waals surface area contributed by atoms with Gasteiger partial charge in [-0.1, -0.05) is 43.7 Å². The number of likely N-dealkylation sites (N-methyl/N-ethyl adjacent to an activating group) is 1. The Morgan fingerprint density at radius 2 is 1.85 bits per heavy atom. The Morgan fingerprint density at radius 3 is 2.30 bits per heavy atom. The molecular formula is C21H29NO5. The molecule has 0 bridgehead atoms. The molecule has 1 aromatic rings. The van der Waals surface area contributed by atoms with Crippen LogP contribution in [0.25, 0.3) is 0 Å². The molecule has 3 atom stereocenters. The Kier molecular flexibility index (Phi) is 6.91. The number of ether oxygens (including phenoxy) is 3. The van der Waals surface area contributed by atoms with Crippen LogP contribution < -0.4 is 5.32 Å². The van der Waals surface area contributed by atoms with Gasteiger partial charge in [0.05, 0.1) is 21.3 Å². The van der Waals surface area contributed by atoms with Crippen molar-refractivity contribution in [3.63, 3.8) is 0 Å². The summed E-state index contributed by atoms with van der Waals surface area (Å²) in [4.78, 5) is 12.3. The normalized spacial score (nSPS) is 23.4. The standard InChI is InChI=1S/C21H29NO5/c1-6-10-15(14-11-8-7-9-12-14)21(22-2)16(20(23)24)13-17(25-3)18(26-4)19(21)27-5/h7-9,11-13,15-16,22H,6,10H2,1-5H3,(H,23,24). The number of carbonyl (C=O) groups is 1. The number of nitrogens with one attached hydrogen (secondary N) is 1. The highest BCUT2D eigenvalue weighted by Crippen LogP contribution is 2.48. The molecule has 0 saturated carbocycles. The molecule has 0 spiro atoms. The lowest BCUT2D eigenvalue weighted by atomic mass is 9.65. The number of methoxy groups -OCH3 is 3. The molecule has 1 aliphatic carbocycles. The van der Waals surface area contributed by atoms with Crippen molar-refractivity contribution in [1.82, 2.24) is 5.32 Å². The Labute approximate surface area is 160 Å². The average molecular weight is 375 g/mol. The number of carboxylic acid groups (broad SMARTS) is 1. The molecule has 2 N–H and O–H groups in total. The predicted molar refractivity (Wildman–Crippen MR) is 103 cm³/mol. The third-order valence-electron chi connectivity index (χ3n) is 5.25. The minimum Gasteiger partial charge on any atom is -0.495 e. The minimum absolute atomic E-state index is 0.149. The molecule has 0 aliphatic heterocycles. The molecule has 6 nitrogen and oxygen atoms in total. The maximum atomic E-state index is 12.3. The van der Waals surface area contributed by atoms with E-state index in [9.17, 15) is 9.90 Å². The van der Waals surface area contributed by atoms with Crippen LogP contribution in [0.5, 0.6) is 0 Å². The fourth-order valence-corrected chi connectivity index (χ4v) is 4.13. The van der Waals surface area contributed by atoms with Gasteiger partial charge in [0.1, 0.15) is 11.5 Å². The van der Waals surface area contributed by atoms with Crippen LogP contribution in [0.15, 0.2) is 53.7 Å². The van der Waals surface area contributed by atoms with Crippen molar-refractivity contribution in [1.29, 1.82) is 0 Å². The summed E-state index contributed by atoms with van der Waals surface area (Å²) < 4.78 is 16.7. The fourth-order valence-electron chi connectivity index (χ4n) is 4.13. The molecule has 1 aromatic carbocycles. The summed E-state index contributed by atoms with van der Waals surface area (Å²) in [5, 5.41) is 13.4. The summed E-state index contributed by atoms with van der Waals surface area (Å²) >= 11 is 0. The second-order valence-corrected chi connectivity index (χ2v) is 6.49. The van der Waals surface area contributed by atoms with Gasteiger partial charge in [-0.05, 0) is 25.1 Å². The number of benzene rings is 1. The van der Waals surface area contributed by atoms with Gasteiger partial charge >= 0.3 is 5.97 Å². The monoisotopic (exact) mass is 375 g/mol. The molecule has 0 radical (unpaired) electrons. The third kappa shape index (κ3) is 3.54. The highest BCUT2D eigenvalue weighted by atomic mass is 16.5. The minimum atomic E-state index is -1.02. The maximum absolute atomic E-state index is 12.3. The van der Waals surface area contributed by atoms with Crippen LogP contribution in [-0.4, -0.2) is 45.0 Å². The Balaban J connectivity index is 2.81. The van der Waals surface area contributed by atoms with Crippen molar-refractivity contribution in [3.05, 3.63) is 59.2 Å². The van der Waals surface area contributed by atoms with Crippen LogP contribution in [0.2, 0.25) is 0 Å². The van der Waals surface area contributed by atoms with E-state index < -0.39 is 17.4 Å². The maximum Gasteiger partial charge on any atom is 0.312 e. The van der Waals surface area contributed by atoms with E-state index in [1.807, 2.05) is 30.3 Å². The van der Waals surface area contributed by atoms with Crippen LogP contribution in [0.4, 0.5) is 0 Å². The van der Waals surface area contributed by atoms with E-state index in [2.05, 4.69) is 12.2 Å². The lowest BCUT2D eigenvalue weighted by molar-refractivity contribution is -0.143. The van der Waals surface area contributed by atoms with Gasteiger partial charge < -0.3 is 24.6 Å². The Hall–Kier alpha value is -2.47. The second-order valence-electron chi connectivity index (χ2n) is 6.49. The zero-order valence-corrected chi connectivity index (χ0v) is 16.6. The first kappa shape index (κ1) is 20.8. The van der Waals surface area contributed by atoms with Crippen LogP contribution >= 0.6 is 0 Å².